The van der Waals surface area contributed by atoms with E-state index in [1.807, 2.05) is 29.9 Å². The molecule has 0 aliphatic carbocycles. The zero-order chi connectivity index (χ0) is 19.0. The summed E-state index contributed by atoms with van der Waals surface area (Å²) in [6.45, 7) is 3.00. The lowest BCUT2D eigenvalue weighted by atomic mass is 9.98. The number of fused-ring (bicyclic) bond motifs is 1. The van der Waals surface area contributed by atoms with Crippen LogP contribution in [-0.4, -0.2) is 67.5 Å². The van der Waals surface area contributed by atoms with Crippen molar-refractivity contribution in [3.05, 3.63) is 30.5 Å². The molecule has 2 aliphatic rings. The van der Waals surface area contributed by atoms with Crippen molar-refractivity contribution in [1.29, 1.82) is 0 Å². The number of rotatable bonds is 3. The maximum Gasteiger partial charge on any atom is 0.243 e. The van der Waals surface area contributed by atoms with E-state index in [9.17, 15) is 13.2 Å². The predicted molar refractivity (Wildman–Crippen MR) is 102 cm³/mol. The van der Waals surface area contributed by atoms with E-state index >= 15 is 0 Å². The van der Waals surface area contributed by atoms with Gasteiger partial charge in [0.15, 0.2) is 0 Å². The molecule has 27 heavy (non-hydrogen) atoms. The van der Waals surface area contributed by atoms with Crippen LogP contribution in [0.15, 0.2) is 35.4 Å². The van der Waals surface area contributed by atoms with Crippen molar-refractivity contribution in [3.63, 3.8) is 0 Å². The van der Waals surface area contributed by atoms with Crippen LogP contribution in [0.25, 0.3) is 10.9 Å². The summed E-state index contributed by atoms with van der Waals surface area (Å²) >= 11 is 0. The van der Waals surface area contributed by atoms with E-state index in [-0.39, 0.29) is 18.4 Å². The van der Waals surface area contributed by atoms with Crippen molar-refractivity contribution >= 4 is 26.8 Å². The summed E-state index contributed by atoms with van der Waals surface area (Å²) in [7, 11) is -1.68. The largest absolute Gasteiger partial charge is 0.378 e. The van der Waals surface area contributed by atoms with Gasteiger partial charge in [0, 0.05) is 50.3 Å². The van der Waals surface area contributed by atoms with E-state index in [0.717, 1.165) is 17.3 Å². The number of sulfonamides is 1. The maximum atomic E-state index is 13.2. The highest BCUT2D eigenvalue weighted by Crippen LogP contribution is 2.27. The number of amides is 1. The van der Waals surface area contributed by atoms with Crippen LogP contribution in [0.4, 0.5) is 0 Å². The lowest BCUT2D eigenvalue weighted by Crippen LogP contribution is -2.49. The highest BCUT2D eigenvalue weighted by molar-refractivity contribution is 7.89. The van der Waals surface area contributed by atoms with E-state index in [0.29, 0.717) is 44.2 Å². The molecular formula is C19H25N3O4S. The van der Waals surface area contributed by atoms with Gasteiger partial charge in [-0.25, -0.2) is 8.42 Å². The van der Waals surface area contributed by atoms with Crippen molar-refractivity contribution < 1.29 is 17.9 Å². The van der Waals surface area contributed by atoms with E-state index in [1.54, 1.807) is 17.0 Å². The number of carbonyl (C=O) groups excluding carboxylic acids is 1. The number of nitrogens with zero attached hydrogens (tertiary/aromatic N) is 3. The molecule has 0 N–H and O–H groups in total. The van der Waals surface area contributed by atoms with Crippen molar-refractivity contribution in [2.45, 2.75) is 17.7 Å². The van der Waals surface area contributed by atoms with Gasteiger partial charge in [-0.05, 0) is 37.1 Å². The molecule has 1 aromatic carbocycles. The number of aryl methyl sites for hydroxylation is 1. The summed E-state index contributed by atoms with van der Waals surface area (Å²) in [5.74, 6) is -0.219. The summed E-state index contributed by atoms with van der Waals surface area (Å²) in [5, 5.41) is 0.900. The number of carbonyl (C=O) groups is 1. The Morgan fingerprint density at radius 3 is 2.70 bits per heavy atom. The topological polar surface area (TPSA) is 71.9 Å². The Morgan fingerprint density at radius 1 is 1.15 bits per heavy atom. The van der Waals surface area contributed by atoms with E-state index in [1.165, 1.54) is 4.31 Å². The average Bonchev–Trinajstić information content (AvgIpc) is 3.08. The van der Waals surface area contributed by atoms with Gasteiger partial charge in [-0.2, -0.15) is 4.31 Å². The molecule has 8 heteroatoms. The second-order valence-corrected chi connectivity index (χ2v) is 9.23. The normalized spacial score (nSPS) is 22.3. The van der Waals surface area contributed by atoms with Crippen molar-refractivity contribution in [2.24, 2.45) is 13.0 Å². The Hall–Kier alpha value is -1.90. The molecular weight excluding hydrogens is 366 g/mol. The minimum Gasteiger partial charge on any atom is -0.378 e. The van der Waals surface area contributed by atoms with Crippen LogP contribution in [0.1, 0.15) is 12.8 Å². The lowest BCUT2D eigenvalue weighted by molar-refractivity contribution is -0.140. The minimum absolute atomic E-state index is 0.0525. The molecule has 0 saturated carbocycles. The summed E-state index contributed by atoms with van der Waals surface area (Å²) in [6.07, 6.45) is 3.35. The van der Waals surface area contributed by atoms with Crippen molar-refractivity contribution in [1.82, 2.24) is 13.8 Å². The minimum atomic E-state index is -3.61. The second kappa shape index (κ2) is 7.26. The standard InChI is InChI=1S/C19H25N3O4S/c1-20-8-6-15-13-17(4-5-18(15)20)27(24,25)22-7-2-3-16(14-22)19(23)21-9-11-26-12-10-21/h4-6,8,13,16H,2-3,7,9-12,14H2,1H3/t16-/m0/s1. The summed E-state index contributed by atoms with van der Waals surface area (Å²) in [6, 6.07) is 7.13. The Kier molecular flexibility index (Phi) is 4.96. The fourth-order valence-corrected chi connectivity index (χ4v) is 5.53. The Balaban J connectivity index is 1.54. The lowest BCUT2D eigenvalue weighted by Gasteiger charge is -2.35. The van der Waals surface area contributed by atoms with Gasteiger partial charge in [0.2, 0.25) is 15.9 Å². The molecule has 0 bridgehead atoms. The molecule has 4 rings (SSSR count). The first-order valence-electron chi connectivity index (χ1n) is 9.38. The zero-order valence-corrected chi connectivity index (χ0v) is 16.3. The fourth-order valence-electron chi connectivity index (χ4n) is 3.97. The SMILES string of the molecule is Cn1ccc2cc(S(=O)(=O)N3CCC[C@H](C(=O)N4CCOCC4)C3)ccc21. The first kappa shape index (κ1) is 18.5. The number of morpholine rings is 1. The molecule has 1 aromatic heterocycles. The Labute approximate surface area is 159 Å². The van der Waals surface area contributed by atoms with Crippen LogP contribution in [0, 0.1) is 5.92 Å². The van der Waals surface area contributed by atoms with Crippen LogP contribution < -0.4 is 0 Å². The number of benzene rings is 1. The molecule has 2 aromatic rings. The molecule has 146 valence electrons. The van der Waals surface area contributed by atoms with E-state index < -0.39 is 10.0 Å². The van der Waals surface area contributed by atoms with Crippen molar-refractivity contribution in [2.75, 3.05) is 39.4 Å². The van der Waals surface area contributed by atoms with Gasteiger partial charge >= 0.3 is 0 Å². The number of ether oxygens (including phenoxy) is 1. The molecule has 1 amide bonds. The molecule has 2 saturated heterocycles. The highest BCUT2D eigenvalue weighted by atomic mass is 32.2. The molecule has 2 fully saturated rings. The molecule has 0 unspecified atom stereocenters. The summed E-state index contributed by atoms with van der Waals surface area (Å²) in [5.41, 5.74) is 0.993. The molecule has 3 heterocycles. The van der Waals surface area contributed by atoms with Crippen molar-refractivity contribution in [3.8, 4) is 0 Å². The third kappa shape index (κ3) is 3.49. The van der Waals surface area contributed by atoms with E-state index in [4.69, 9.17) is 4.74 Å². The third-order valence-corrected chi connectivity index (χ3v) is 7.41. The quantitative estimate of drug-likeness (QED) is 0.794. The fraction of sp³-hybridized carbons (Fsp3) is 0.526. The second-order valence-electron chi connectivity index (χ2n) is 7.29. The van der Waals surface area contributed by atoms with Crippen LogP contribution in [0.5, 0.6) is 0 Å². The predicted octanol–water partition coefficient (Wildman–Crippen LogP) is 1.44. The Bertz CT molecular complexity index is 947. The van der Waals surface area contributed by atoms with Gasteiger partial charge in [0.05, 0.1) is 24.0 Å². The van der Waals surface area contributed by atoms with Gasteiger partial charge in [-0.3, -0.25) is 4.79 Å². The van der Waals surface area contributed by atoms with Gasteiger partial charge < -0.3 is 14.2 Å². The first-order valence-corrected chi connectivity index (χ1v) is 10.8. The van der Waals surface area contributed by atoms with Gasteiger partial charge in [0.1, 0.15) is 0 Å². The number of aromatic nitrogens is 1. The van der Waals surface area contributed by atoms with Gasteiger partial charge in [-0.1, -0.05) is 0 Å². The molecule has 1 atom stereocenters. The van der Waals surface area contributed by atoms with E-state index in [2.05, 4.69) is 0 Å². The number of piperidine rings is 1. The smallest absolute Gasteiger partial charge is 0.243 e. The first-order chi connectivity index (χ1) is 13.0. The van der Waals surface area contributed by atoms with Crippen LogP contribution >= 0.6 is 0 Å². The van der Waals surface area contributed by atoms with Crippen LogP contribution in [0.2, 0.25) is 0 Å². The average molecular weight is 391 g/mol. The molecule has 2 aliphatic heterocycles. The van der Waals surface area contributed by atoms with Gasteiger partial charge in [-0.15, -0.1) is 0 Å². The Morgan fingerprint density at radius 2 is 1.93 bits per heavy atom. The van der Waals surface area contributed by atoms with Gasteiger partial charge in [0.25, 0.3) is 0 Å². The molecule has 0 spiro atoms. The number of hydrogen-bond donors (Lipinski definition) is 0. The maximum absolute atomic E-state index is 13.2. The third-order valence-electron chi connectivity index (χ3n) is 5.55. The molecule has 0 radical (unpaired) electrons. The summed E-state index contributed by atoms with van der Waals surface area (Å²) < 4.78 is 35.1. The number of hydrogen-bond acceptors (Lipinski definition) is 4. The zero-order valence-electron chi connectivity index (χ0n) is 15.5. The summed E-state index contributed by atoms with van der Waals surface area (Å²) in [4.78, 5) is 14.9. The monoisotopic (exact) mass is 391 g/mol. The van der Waals surface area contributed by atoms with Crippen LogP contribution in [-0.2, 0) is 26.6 Å². The van der Waals surface area contributed by atoms with Crippen LogP contribution in [0.3, 0.4) is 0 Å². The highest BCUT2D eigenvalue weighted by Gasteiger charge is 2.35. The molecule has 7 nitrogen and oxygen atoms in total.